The zero-order chi connectivity index (χ0) is 19.0. The third-order valence-electron chi connectivity index (χ3n) is 5.67. The van der Waals surface area contributed by atoms with Crippen LogP contribution in [0.25, 0.3) is 0 Å². The first-order valence-corrected chi connectivity index (χ1v) is 9.58. The van der Waals surface area contributed by atoms with Crippen LogP contribution >= 0.6 is 0 Å². The molecule has 1 atom stereocenters. The van der Waals surface area contributed by atoms with Crippen molar-refractivity contribution in [1.29, 1.82) is 0 Å². The van der Waals surface area contributed by atoms with Gasteiger partial charge in [0.25, 0.3) is 0 Å². The lowest BCUT2D eigenvalue weighted by Crippen LogP contribution is -2.37. The summed E-state index contributed by atoms with van der Waals surface area (Å²) in [5, 5.41) is 0. The molecule has 2 aromatic carbocycles. The molecule has 4 heteroatoms. The van der Waals surface area contributed by atoms with E-state index in [1.54, 1.807) is 12.4 Å². The predicted molar refractivity (Wildman–Crippen MR) is 112 cm³/mol. The van der Waals surface area contributed by atoms with Crippen molar-refractivity contribution in [3.05, 3.63) is 72.6 Å². The molecule has 0 saturated heterocycles. The zero-order valence-electron chi connectivity index (χ0n) is 16.4. The fourth-order valence-electron chi connectivity index (χ4n) is 3.82. The molecule has 2 heterocycles. The van der Waals surface area contributed by atoms with Crippen LogP contribution in [-0.2, 0) is 5.41 Å². The summed E-state index contributed by atoms with van der Waals surface area (Å²) < 4.78 is 0. The summed E-state index contributed by atoms with van der Waals surface area (Å²) in [5.41, 5.74) is 3.75. The monoisotopic (exact) mass is 358 g/mol. The SMILES string of the molecule is CCC(C)(C)c1ccccc1N1c2nccnc2N(c2ccccc2)C1C. The molecule has 0 fully saturated rings. The Bertz CT molecular complexity index is 936. The second-order valence-corrected chi connectivity index (χ2v) is 7.67. The van der Waals surface area contributed by atoms with Crippen molar-refractivity contribution in [3.63, 3.8) is 0 Å². The van der Waals surface area contributed by atoms with Gasteiger partial charge in [-0.2, -0.15) is 0 Å². The van der Waals surface area contributed by atoms with Crippen molar-refractivity contribution in [2.24, 2.45) is 0 Å². The van der Waals surface area contributed by atoms with Gasteiger partial charge in [0.15, 0.2) is 11.6 Å². The lowest BCUT2D eigenvalue weighted by molar-refractivity contribution is 0.505. The van der Waals surface area contributed by atoms with E-state index in [4.69, 9.17) is 4.98 Å². The Labute approximate surface area is 161 Å². The number of rotatable bonds is 4. The molecule has 0 amide bonds. The van der Waals surface area contributed by atoms with E-state index < -0.39 is 0 Å². The summed E-state index contributed by atoms with van der Waals surface area (Å²) in [6.45, 7) is 9.07. The molecule has 138 valence electrons. The maximum atomic E-state index is 4.71. The van der Waals surface area contributed by atoms with Crippen LogP contribution in [0.1, 0.15) is 39.7 Å². The Morgan fingerprint density at radius 1 is 0.852 bits per heavy atom. The Hall–Kier alpha value is -2.88. The van der Waals surface area contributed by atoms with Gasteiger partial charge in [-0.15, -0.1) is 0 Å². The van der Waals surface area contributed by atoms with E-state index in [2.05, 4.69) is 91.0 Å². The van der Waals surface area contributed by atoms with E-state index in [-0.39, 0.29) is 11.6 Å². The molecule has 0 bridgehead atoms. The molecule has 1 aliphatic heterocycles. The highest BCUT2D eigenvalue weighted by atomic mass is 15.5. The number of anilines is 4. The average molecular weight is 358 g/mol. The number of aromatic nitrogens is 2. The van der Waals surface area contributed by atoms with Gasteiger partial charge in [0.2, 0.25) is 0 Å². The van der Waals surface area contributed by atoms with Crippen LogP contribution in [0.3, 0.4) is 0 Å². The van der Waals surface area contributed by atoms with E-state index in [0.717, 1.165) is 23.7 Å². The van der Waals surface area contributed by atoms with Gasteiger partial charge in [0.1, 0.15) is 6.17 Å². The number of benzene rings is 2. The molecule has 1 aliphatic rings. The van der Waals surface area contributed by atoms with Crippen molar-refractivity contribution in [2.45, 2.75) is 45.7 Å². The third kappa shape index (κ3) is 2.85. The molecule has 3 aromatic rings. The first-order valence-electron chi connectivity index (χ1n) is 9.58. The van der Waals surface area contributed by atoms with E-state index in [1.807, 2.05) is 6.07 Å². The molecule has 0 N–H and O–H groups in total. The highest BCUT2D eigenvalue weighted by Gasteiger charge is 2.39. The van der Waals surface area contributed by atoms with Gasteiger partial charge in [-0.05, 0) is 42.5 Å². The lowest BCUT2D eigenvalue weighted by atomic mass is 9.81. The molecule has 4 rings (SSSR count). The highest BCUT2D eigenvalue weighted by Crippen LogP contribution is 2.47. The zero-order valence-corrected chi connectivity index (χ0v) is 16.4. The van der Waals surface area contributed by atoms with Crippen molar-refractivity contribution < 1.29 is 0 Å². The smallest absolute Gasteiger partial charge is 0.178 e. The van der Waals surface area contributed by atoms with E-state index >= 15 is 0 Å². The van der Waals surface area contributed by atoms with Crippen LogP contribution in [0.2, 0.25) is 0 Å². The van der Waals surface area contributed by atoms with Gasteiger partial charge < -0.3 is 9.80 Å². The number of nitrogens with zero attached hydrogens (tertiary/aromatic N) is 4. The summed E-state index contributed by atoms with van der Waals surface area (Å²) in [7, 11) is 0. The van der Waals surface area contributed by atoms with Gasteiger partial charge in [-0.1, -0.05) is 57.2 Å². The van der Waals surface area contributed by atoms with Gasteiger partial charge in [-0.25, -0.2) is 9.97 Å². The summed E-state index contributed by atoms with van der Waals surface area (Å²) in [5.74, 6) is 1.81. The summed E-state index contributed by atoms with van der Waals surface area (Å²) in [4.78, 5) is 14.0. The molecule has 1 aromatic heterocycles. The molecule has 1 unspecified atom stereocenters. The van der Waals surface area contributed by atoms with E-state index in [9.17, 15) is 0 Å². The Balaban J connectivity index is 1.89. The molecule has 0 radical (unpaired) electrons. The van der Waals surface area contributed by atoms with Gasteiger partial charge >= 0.3 is 0 Å². The number of hydrogen-bond donors (Lipinski definition) is 0. The fraction of sp³-hybridized carbons (Fsp3) is 0.304. The minimum Gasteiger partial charge on any atom is -0.302 e. The van der Waals surface area contributed by atoms with E-state index in [0.29, 0.717) is 0 Å². The second-order valence-electron chi connectivity index (χ2n) is 7.67. The molecule has 0 saturated carbocycles. The minimum absolute atomic E-state index is 0.0820. The van der Waals surface area contributed by atoms with Crippen molar-refractivity contribution >= 4 is 23.0 Å². The normalized spacial score (nSPS) is 16.5. The maximum Gasteiger partial charge on any atom is 0.178 e. The number of para-hydroxylation sites is 2. The van der Waals surface area contributed by atoms with Crippen molar-refractivity contribution in [1.82, 2.24) is 9.97 Å². The molecule has 0 spiro atoms. The van der Waals surface area contributed by atoms with Crippen LogP contribution in [0.4, 0.5) is 23.0 Å². The minimum atomic E-state index is 0.0820. The fourth-order valence-corrected chi connectivity index (χ4v) is 3.82. The Morgan fingerprint density at radius 2 is 1.44 bits per heavy atom. The molecular weight excluding hydrogens is 332 g/mol. The molecule has 0 aliphatic carbocycles. The Kier molecular flexibility index (Phi) is 4.34. The molecule has 27 heavy (non-hydrogen) atoms. The van der Waals surface area contributed by atoms with Crippen LogP contribution < -0.4 is 9.80 Å². The van der Waals surface area contributed by atoms with E-state index in [1.165, 1.54) is 11.3 Å². The van der Waals surface area contributed by atoms with Crippen LogP contribution in [0.15, 0.2) is 67.0 Å². The van der Waals surface area contributed by atoms with Crippen molar-refractivity contribution in [2.75, 3.05) is 9.80 Å². The Morgan fingerprint density at radius 3 is 2.11 bits per heavy atom. The first-order chi connectivity index (χ1) is 13.0. The van der Waals surface area contributed by atoms with Crippen LogP contribution in [-0.4, -0.2) is 16.1 Å². The van der Waals surface area contributed by atoms with Crippen LogP contribution in [0, 0.1) is 0 Å². The molecular formula is C23H26N4. The standard InChI is InChI=1S/C23H26N4/c1-5-23(3,4)19-13-9-10-14-20(19)27-17(2)26(18-11-7-6-8-12-18)21-22(27)25-16-15-24-21/h6-17H,5H2,1-4H3. The van der Waals surface area contributed by atoms with Gasteiger partial charge in [0.05, 0.1) is 0 Å². The summed E-state index contributed by atoms with van der Waals surface area (Å²) in [6, 6.07) is 19.1. The highest BCUT2D eigenvalue weighted by molar-refractivity contribution is 5.84. The maximum absolute atomic E-state index is 4.71. The number of fused-ring (bicyclic) bond motifs is 1. The largest absolute Gasteiger partial charge is 0.302 e. The third-order valence-corrected chi connectivity index (χ3v) is 5.67. The second kappa shape index (κ2) is 6.69. The predicted octanol–water partition coefficient (Wildman–Crippen LogP) is 5.80. The first kappa shape index (κ1) is 17.5. The number of hydrogen-bond acceptors (Lipinski definition) is 4. The topological polar surface area (TPSA) is 32.3 Å². The quantitative estimate of drug-likeness (QED) is 0.590. The van der Waals surface area contributed by atoms with Gasteiger partial charge in [0, 0.05) is 23.8 Å². The van der Waals surface area contributed by atoms with Crippen molar-refractivity contribution in [3.8, 4) is 0 Å². The average Bonchev–Trinajstić information content (AvgIpc) is 3.00. The van der Waals surface area contributed by atoms with Crippen LogP contribution in [0.5, 0.6) is 0 Å². The van der Waals surface area contributed by atoms with Gasteiger partial charge in [-0.3, -0.25) is 0 Å². The summed E-state index contributed by atoms with van der Waals surface area (Å²) >= 11 is 0. The molecule has 4 nitrogen and oxygen atoms in total. The summed E-state index contributed by atoms with van der Waals surface area (Å²) in [6.07, 6.45) is 4.70. The lowest BCUT2D eigenvalue weighted by Gasteiger charge is -2.34.